The smallest absolute Gasteiger partial charge is 0.410 e. The van der Waals surface area contributed by atoms with Gasteiger partial charge in [-0.15, -0.1) is 0 Å². The molecule has 35 heavy (non-hydrogen) atoms. The average Bonchev–Trinajstić information content (AvgIpc) is 3.22. The molecular weight excluding hydrogens is 442 g/mol. The van der Waals surface area contributed by atoms with Crippen LogP contribution in [0.5, 0.6) is 17.2 Å². The summed E-state index contributed by atoms with van der Waals surface area (Å²) in [4.78, 5) is 21.8. The Bertz CT molecular complexity index is 1240. The number of hydrogen-bond acceptors (Lipinski definition) is 6. The molecular formula is C28H29N3O4. The van der Waals surface area contributed by atoms with Crippen LogP contribution in [-0.4, -0.2) is 55.0 Å². The van der Waals surface area contributed by atoms with E-state index in [4.69, 9.17) is 19.2 Å². The summed E-state index contributed by atoms with van der Waals surface area (Å²) in [6.07, 6.45) is 0.528. The van der Waals surface area contributed by atoms with Gasteiger partial charge in [0.2, 0.25) is 0 Å². The maximum Gasteiger partial charge on any atom is 0.410 e. The Morgan fingerprint density at radius 3 is 2.66 bits per heavy atom. The van der Waals surface area contributed by atoms with Crippen molar-refractivity contribution < 1.29 is 19.0 Å². The lowest BCUT2D eigenvalue weighted by atomic mass is 10.1. The summed E-state index contributed by atoms with van der Waals surface area (Å²) < 4.78 is 17.3. The molecule has 180 valence electrons. The van der Waals surface area contributed by atoms with Crippen molar-refractivity contribution in [1.82, 2.24) is 9.80 Å². The summed E-state index contributed by atoms with van der Waals surface area (Å²) in [5.74, 6) is 2.98. The molecule has 3 aromatic carbocycles. The Morgan fingerprint density at radius 1 is 0.971 bits per heavy atom. The van der Waals surface area contributed by atoms with Crippen LogP contribution in [0.1, 0.15) is 23.1 Å². The Hall–Kier alpha value is -4.00. The monoisotopic (exact) mass is 471 g/mol. The third-order valence-electron chi connectivity index (χ3n) is 6.25. The molecule has 0 atom stereocenters. The molecule has 2 heterocycles. The molecule has 0 saturated carbocycles. The Kier molecular flexibility index (Phi) is 6.57. The number of nitrogens with zero attached hydrogens (tertiary/aromatic N) is 3. The molecule has 1 amide bonds. The summed E-state index contributed by atoms with van der Waals surface area (Å²) in [5.41, 5.74) is 3.77. The highest BCUT2D eigenvalue weighted by atomic mass is 16.6. The van der Waals surface area contributed by atoms with E-state index in [1.807, 2.05) is 73.7 Å². The number of rotatable bonds is 3. The molecule has 7 nitrogen and oxygen atoms in total. The van der Waals surface area contributed by atoms with Crippen molar-refractivity contribution in [2.24, 2.45) is 4.99 Å². The second kappa shape index (κ2) is 10.1. The van der Waals surface area contributed by atoms with Crippen LogP contribution in [0, 0.1) is 6.92 Å². The van der Waals surface area contributed by atoms with Crippen molar-refractivity contribution in [1.29, 1.82) is 0 Å². The number of amidine groups is 1. The van der Waals surface area contributed by atoms with Crippen LogP contribution in [0.3, 0.4) is 0 Å². The number of aliphatic imine (C=N–C) groups is 1. The van der Waals surface area contributed by atoms with Crippen molar-refractivity contribution in [3.05, 3.63) is 83.4 Å². The predicted octanol–water partition coefficient (Wildman–Crippen LogP) is 5.53. The fourth-order valence-corrected chi connectivity index (χ4v) is 4.35. The first-order valence-electron chi connectivity index (χ1n) is 11.9. The van der Waals surface area contributed by atoms with E-state index in [9.17, 15) is 4.79 Å². The first-order valence-corrected chi connectivity index (χ1v) is 11.9. The Labute approximate surface area is 205 Å². The van der Waals surface area contributed by atoms with Crippen LogP contribution >= 0.6 is 0 Å². The van der Waals surface area contributed by atoms with Gasteiger partial charge in [-0.05, 0) is 48.7 Å². The van der Waals surface area contributed by atoms with E-state index in [-0.39, 0.29) is 12.7 Å². The predicted molar refractivity (Wildman–Crippen MR) is 135 cm³/mol. The molecule has 0 spiro atoms. The zero-order valence-corrected chi connectivity index (χ0v) is 20.1. The molecule has 0 radical (unpaired) electrons. The van der Waals surface area contributed by atoms with Crippen LogP contribution in [0.2, 0.25) is 0 Å². The summed E-state index contributed by atoms with van der Waals surface area (Å²) in [6, 6.07) is 21.6. The first kappa shape index (κ1) is 22.8. The number of methoxy groups -OCH3 is 1. The Balaban J connectivity index is 1.36. The molecule has 1 fully saturated rings. The van der Waals surface area contributed by atoms with Crippen molar-refractivity contribution >= 4 is 17.6 Å². The summed E-state index contributed by atoms with van der Waals surface area (Å²) in [7, 11) is 1.64. The van der Waals surface area contributed by atoms with E-state index >= 15 is 0 Å². The quantitative estimate of drug-likeness (QED) is 0.502. The molecule has 0 N–H and O–H groups in total. The minimum Gasteiger partial charge on any atom is -0.497 e. The van der Waals surface area contributed by atoms with Gasteiger partial charge in [0.1, 0.15) is 29.6 Å². The number of ether oxygens (including phenoxy) is 3. The fraction of sp³-hybridized carbons (Fsp3) is 0.286. The average molecular weight is 472 g/mol. The van der Waals surface area contributed by atoms with Crippen LogP contribution in [-0.2, 0) is 11.3 Å². The van der Waals surface area contributed by atoms with Gasteiger partial charge in [-0.25, -0.2) is 9.79 Å². The van der Waals surface area contributed by atoms with Crippen LogP contribution < -0.4 is 9.47 Å². The van der Waals surface area contributed by atoms with E-state index in [1.165, 1.54) is 0 Å². The maximum absolute atomic E-state index is 12.7. The van der Waals surface area contributed by atoms with Crippen molar-refractivity contribution in [2.45, 2.75) is 20.0 Å². The second-order valence-corrected chi connectivity index (χ2v) is 8.74. The highest BCUT2D eigenvalue weighted by molar-refractivity contribution is 6.04. The SMILES string of the molecule is COc1ccc2c(c1)Oc1cc(C)ccc1N=C2N1CCCN(C(=O)OCc2ccccc2)CC1. The zero-order valence-electron chi connectivity index (χ0n) is 20.1. The Morgan fingerprint density at radius 2 is 1.83 bits per heavy atom. The van der Waals surface area contributed by atoms with Gasteiger partial charge in [0.25, 0.3) is 0 Å². The normalized spacial score (nSPS) is 15.1. The maximum atomic E-state index is 12.7. The van der Waals surface area contributed by atoms with Crippen molar-refractivity contribution in [3.63, 3.8) is 0 Å². The molecule has 3 aromatic rings. The largest absolute Gasteiger partial charge is 0.497 e. The molecule has 0 aliphatic carbocycles. The fourth-order valence-electron chi connectivity index (χ4n) is 4.35. The van der Waals surface area contributed by atoms with Crippen molar-refractivity contribution in [2.75, 3.05) is 33.3 Å². The number of hydrogen-bond donors (Lipinski definition) is 0. The van der Waals surface area contributed by atoms with Crippen LogP contribution in [0.4, 0.5) is 10.5 Å². The number of carbonyl (C=O) groups is 1. The topological polar surface area (TPSA) is 63.6 Å². The molecule has 0 unspecified atom stereocenters. The highest BCUT2D eigenvalue weighted by Gasteiger charge is 2.27. The molecule has 7 heteroatoms. The molecule has 0 bridgehead atoms. The lowest BCUT2D eigenvalue weighted by molar-refractivity contribution is 0.0979. The third kappa shape index (κ3) is 5.09. The number of amides is 1. The number of carbonyl (C=O) groups excluding carboxylic acids is 1. The van der Waals surface area contributed by atoms with Gasteiger partial charge < -0.3 is 24.0 Å². The van der Waals surface area contributed by atoms with E-state index in [0.717, 1.165) is 52.7 Å². The van der Waals surface area contributed by atoms with Gasteiger partial charge in [0, 0.05) is 32.2 Å². The van der Waals surface area contributed by atoms with Crippen LogP contribution in [0.15, 0.2) is 71.7 Å². The molecule has 0 aromatic heterocycles. The highest BCUT2D eigenvalue weighted by Crippen LogP contribution is 2.40. The van der Waals surface area contributed by atoms with Crippen LogP contribution in [0.25, 0.3) is 0 Å². The minimum absolute atomic E-state index is 0.273. The van der Waals surface area contributed by atoms with E-state index < -0.39 is 0 Å². The zero-order chi connectivity index (χ0) is 24.2. The second-order valence-electron chi connectivity index (χ2n) is 8.74. The van der Waals surface area contributed by atoms with Gasteiger partial charge in [0.05, 0.1) is 12.7 Å². The van der Waals surface area contributed by atoms with E-state index in [1.54, 1.807) is 12.0 Å². The van der Waals surface area contributed by atoms with E-state index in [2.05, 4.69) is 4.90 Å². The summed E-state index contributed by atoms with van der Waals surface area (Å²) in [6.45, 7) is 4.92. The third-order valence-corrected chi connectivity index (χ3v) is 6.25. The summed E-state index contributed by atoms with van der Waals surface area (Å²) >= 11 is 0. The lowest BCUT2D eigenvalue weighted by Gasteiger charge is -2.25. The van der Waals surface area contributed by atoms with E-state index in [0.29, 0.717) is 25.4 Å². The number of benzene rings is 3. The van der Waals surface area contributed by atoms with Gasteiger partial charge >= 0.3 is 6.09 Å². The summed E-state index contributed by atoms with van der Waals surface area (Å²) in [5, 5.41) is 0. The lowest BCUT2D eigenvalue weighted by Crippen LogP contribution is -2.37. The van der Waals surface area contributed by atoms with Gasteiger partial charge in [-0.3, -0.25) is 0 Å². The molecule has 2 aliphatic heterocycles. The molecule has 5 rings (SSSR count). The minimum atomic E-state index is -0.284. The number of aryl methyl sites for hydroxylation is 1. The number of fused-ring (bicyclic) bond motifs is 2. The molecule has 1 saturated heterocycles. The molecule has 2 aliphatic rings. The first-order chi connectivity index (χ1) is 17.1. The van der Waals surface area contributed by atoms with Gasteiger partial charge in [-0.2, -0.15) is 0 Å². The van der Waals surface area contributed by atoms with Gasteiger partial charge in [-0.1, -0.05) is 36.4 Å². The van der Waals surface area contributed by atoms with Gasteiger partial charge in [0.15, 0.2) is 5.75 Å². The van der Waals surface area contributed by atoms with Crippen molar-refractivity contribution in [3.8, 4) is 17.2 Å². The standard InChI is InChI=1S/C28H29N3O4/c1-20-9-12-24-26(17-20)35-25-18-22(33-2)10-11-23(25)27(29-24)30-13-6-14-31(16-15-30)28(32)34-19-21-7-4-3-5-8-21/h3-5,7-12,17-18H,6,13-16,19H2,1-2H3.